The Balaban J connectivity index is 2.81. The highest BCUT2D eigenvalue weighted by atomic mass is 79.9. The molecule has 0 aliphatic heterocycles. The summed E-state index contributed by atoms with van der Waals surface area (Å²) in [5.41, 5.74) is 1.80. The van der Waals surface area contributed by atoms with Gasteiger partial charge in [-0.25, -0.2) is 0 Å². The first-order valence-corrected chi connectivity index (χ1v) is 4.61. The maximum atomic E-state index is 10.7. The van der Waals surface area contributed by atoms with Gasteiger partial charge < -0.3 is 5.32 Å². The molecule has 0 aliphatic rings. The van der Waals surface area contributed by atoms with E-state index in [0.29, 0.717) is 0 Å². The predicted octanol–water partition coefficient (Wildman–Crippen LogP) is 3.01. The summed E-state index contributed by atoms with van der Waals surface area (Å²) < 4.78 is 0.835. The fourth-order valence-electron chi connectivity index (χ4n) is 0.938. The van der Waals surface area contributed by atoms with Crippen LogP contribution in [0.1, 0.15) is 12.5 Å². The summed E-state index contributed by atoms with van der Waals surface area (Å²) in [5, 5.41) is 2.69. The molecule has 0 heterocycles. The lowest BCUT2D eigenvalue weighted by molar-refractivity contribution is -0.114. The lowest BCUT2D eigenvalue weighted by Gasteiger charge is -2.02. The van der Waals surface area contributed by atoms with Crippen LogP contribution in [0.3, 0.4) is 0 Å². The lowest BCUT2D eigenvalue weighted by Crippen LogP contribution is -2.05. The molecule has 0 unspecified atom stereocenters. The van der Waals surface area contributed by atoms with Crippen molar-refractivity contribution in [1.82, 2.24) is 0 Å². The zero-order valence-electron chi connectivity index (χ0n) is 7.30. The van der Waals surface area contributed by atoms with Crippen molar-refractivity contribution in [3.63, 3.8) is 0 Å². The van der Waals surface area contributed by atoms with Crippen LogP contribution in [0.15, 0.2) is 30.8 Å². The topological polar surface area (TPSA) is 29.1 Å². The van der Waals surface area contributed by atoms with Gasteiger partial charge in [-0.2, -0.15) is 0 Å². The predicted molar refractivity (Wildman–Crippen MR) is 58.7 cm³/mol. The monoisotopic (exact) mass is 239 g/mol. The van der Waals surface area contributed by atoms with E-state index in [2.05, 4.69) is 27.8 Å². The van der Waals surface area contributed by atoms with Crippen LogP contribution in [-0.4, -0.2) is 5.91 Å². The molecular formula is C10H10BrNO. The van der Waals surface area contributed by atoms with Crippen LogP contribution in [0.5, 0.6) is 0 Å². The summed E-state index contributed by atoms with van der Waals surface area (Å²) >= 11 is 3.28. The molecule has 0 bridgehead atoms. The largest absolute Gasteiger partial charge is 0.326 e. The second-order valence-corrected chi connectivity index (χ2v) is 3.62. The van der Waals surface area contributed by atoms with Crippen LogP contribution in [0, 0.1) is 0 Å². The molecule has 0 saturated heterocycles. The molecule has 0 saturated carbocycles. The molecule has 1 rings (SSSR count). The van der Waals surface area contributed by atoms with E-state index in [0.717, 1.165) is 15.7 Å². The Labute approximate surface area is 85.8 Å². The second kappa shape index (κ2) is 4.23. The van der Waals surface area contributed by atoms with E-state index >= 15 is 0 Å². The van der Waals surface area contributed by atoms with Gasteiger partial charge in [-0.1, -0.05) is 34.6 Å². The van der Waals surface area contributed by atoms with Crippen molar-refractivity contribution in [3.05, 3.63) is 36.4 Å². The highest BCUT2D eigenvalue weighted by Gasteiger charge is 1.96. The third-order valence-corrected chi connectivity index (χ3v) is 1.98. The Kier molecular flexibility index (Phi) is 3.25. The minimum atomic E-state index is -0.0644. The lowest BCUT2D eigenvalue weighted by atomic mass is 10.2. The normalized spacial score (nSPS) is 9.38. The average Bonchev–Trinajstić information content (AvgIpc) is 2.04. The fourth-order valence-corrected chi connectivity index (χ4v) is 1.20. The van der Waals surface area contributed by atoms with Gasteiger partial charge in [0.05, 0.1) is 0 Å². The number of rotatable bonds is 2. The summed E-state index contributed by atoms with van der Waals surface area (Å²) in [6.07, 6.45) is 0. The van der Waals surface area contributed by atoms with Gasteiger partial charge in [0.1, 0.15) is 0 Å². The maximum Gasteiger partial charge on any atom is 0.221 e. The van der Waals surface area contributed by atoms with E-state index in [1.807, 2.05) is 24.3 Å². The third-order valence-electron chi connectivity index (χ3n) is 1.52. The minimum Gasteiger partial charge on any atom is -0.326 e. The Morgan fingerprint density at radius 1 is 1.38 bits per heavy atom. The molecule has 0 atom stereocenters. The van der Waals surface area contributed by atoms with Gasteiger partial charge in [0.25, 0.3) is 0 Å². The zero-order chi connectivity index (χ0) is 9.84. The van der Waals surface area contributed by atoms with Gasteiger partial charge in [-0.3, -0.25) is 4.79 Å². The average molecular weight is 240 g/mol. The highest BCUT2D eigenvalue weighted by Crippen LogP contribution is 2.20. The molecule has 1 amide bonds. The number of carbonyl (C=O) groups is 1. The van der Waals surface area contributed by atoms with Crippen LogP contribution in [0.25, 0.3) is 4.48 Å². The number of nitrogens with one attached hydrogen (secondary N) is 1. The van der Waals surface area contributed by atoms with Crippen LogP contribution in [0.2, 0.25) is 0 Å². The molecule has 1 aromatic carbocycles. The summed E-state index contributed by atoms with van der Waals surface area (Å²) in [6, 6.07) is 7.46. The molecule has 2 nitrogen and oxygen atoms in total. The quantitative estimate of drug-likeness (QED) is 0.845. The van der Waals surface area contributed by atoms with Crippen molar-refractivity contribution >= 4 is 32.0 Å². The van der Waals surface area contributed by atoms with Crippen molar-refractivity contribution < 1.29 is 4.79 Å². The number of halogens is 1. The molecule has 0 aromatic heterocycles. The van der Waals surface area contributed by atoms with Crippen LogP contribution in [-0.2, 0) is 4.79 Å². The van der Waals surface area contributed by atoms with E-state index < -0.39 is 0 Å². The standard InChI is InChI=1S/C10H10BrNO/c1-7(11)9-3-5-10(6-4-9)12-8(2)13/h3-6H,1H2,2H3,(H,12,13). The summed E-state index contributed by atoms with van der Waals surface area (Å²) in [6.45, 7) is 5.23. The first-order chi connectivity index (χ1) is 6.09. The Bertz CT molecular complexity index is 329. The van der Waals surface area contributed by atoms with E-state index in [1.165, 1.54) is 6.92 Å². The molecule has 3 heteroatoms. The summed E-state index contributed by atoms with van der Waals surface area (Å²) in [4.78, 5) is 10.7. The van der Waals surface area contributed by atoms with E-state index in [9.17, 15) is 4.79 Å². The van der Waals surface area contributed by atoms with Crippen molar-refractivity contribution in [2.45, 2.75) is 6.92 Å². The molecule has 1 N–H and O–H groups in total. The van der Waals surface area contributed by atoms with Crippen LogP contribution >= 0.6 is 15.9 Å². The van der Waals surface area contributed by atoms with Gasteiger partial charge in [-0.05, 0) is 17.7 Å². The van der Waals surface area contributed by atoms with E-state index in [-0.39, 0.29) is 5.91 Å². The number of benzene rings is 1. The summed E-state index contributed by atoms with van der Waals surface area (Å²) in [5.74, 6) is -0.0644. The van der Waals surface area contributed by atoms with Crippen LogP contribution < -0.4 is 5.32 Å². The smallest absolute Gasteiger partial charge is 0.221 e. The van der Waals surface area contributed by atoms with E-state index in [4.69, 9.17) is 0 Å². The number of carbonyl (C=O) groups excluding carboxylic acids is 1. The second-order valence-electron chi connectivity index (χ2n) is 2.66. The molecule has 68 valence electrons. The molecule has 0 fully saturated rings. The number of anilines is 1. The molecule has 0 spiro atoms. The van der Waals surface area contributed by atoms with Gasteiger partial charge in [0.2, 0.25) is 5.91 Å². The molecule has 1 aromatic rings. The van der Waals surface area contributed by atoms with Crippen LogP contribution in [0.4, 0.5) is 5.69 Å². The first kappa shape index (κ1) is 9.99. The number of hydrogen-bond donors (Lipinski definition) is 1. The van der Waals surface area contributed by atoms with Crippen molar-refractivity contribution in [3.8, 4) is 0 Å². The van der Waals surface area contributed by atoms with Gasteiger partial charge in [-0.15, -0.1) is 0 Å². The van der Waals surface area contributed by atoms with Gasteiger partial charge in [0, 0.05) is 17.1 Å². The summed E-state index contributed by atoms with van der Waals surface area (Å²) in [7, 11) is 0. The fraction of sp³-hybridized carbons (Fsp3) is 0.100. The minimum absolute atomic E-state index is 0.0644. The van der Waals surface area contributed by atoms with Crippen molar-refractivity contribution in [1.29, 1.82) is 0 Å². The third kappa shape index (κ3) is 3.03. The highest BCUT2D eigenvalue weighted by molar-refractivity contribution is 9.15. The van der Waals surface area contributed by atoms with Gasteiger partial charge in [0.15, 0.2) is 0 Å². The molecule has 13 heavy (non-hydrogen) atoms. The molecule has 0 aliphatic carbocycles. The Hall–Kier alpha value is -1.09. The van der Waals surface area contributed by atoms with E-state index in [1.54, 1.807) is 0 Å². The zero-order valence-corrected chi connectivity index (χ0v) is 8.89. The Morgan fingerprint density at radius 3 is 2.31 bits per heavy atom. The van der Waals surface area contributed by atoms with Crippen molar-refractivity contribution in [2.24, 2.45) is 0 Å². The SMILES string of the molecule is C=C(Br)c1ccc(NC(C)=O)cc1. The van der Waals surface area contributed by atoms with Crippen molar-refractivity contribution in [2.75, 3.05) is 5.32 Å². The molecule has 0 radical (unpaired) electrons. The van der Waals surface area contributed by atoms with Gasteiger partial charge >= 0.3 is 0 Å². The first-order valence-electron chi connectivity index (χ1n) is 3.82. The maximum absolute atomic E-state index is 10.7. The Morgan fingerprint density at radius 2 is 1.92 bits per heavy atom. The molecular weight excluding hydrogens is 230 g/mol. The number of amides is 1. The number of hydrogen-bond acceptors (Lipinski definition) is 1.